The largest absolute Gasteiger partial charge is 0.550 e. The van der Waals surface area contributed by atoms with Gasteiger partial charge in [0.1, 0.15) is 6.04 Å². The molecule has 0 saturated heterocycles. The third kappa shape index (κ3) is 4.77. The van der Waals surface area contributed by atoms with Crippen molar-refractivity contribution in [2.75, 3.05) is 0 Å². The van der Waals surface area contributed by atoms with Crippen LogP contribution < -0.4 is 15.8 Å². The predicted molar refractivity (Wildman–Crippen MR) is 74.3 cm³/mol. The van der Waals surface area contributed by atoms with Gasteiger partial charge in [0.25, 0.3) is 5.91 Å². The Balaban J connectivity index is 0.000000463. The summed E-state index contributed by atoms with van der Waals surface area (Å²) in [6, 6.07) is 1.09. The monoisotopic (exact) mass is 322 g/mol. The van der Waals surface area contributed by atoms with Gasteiger partial charge >= 0.3 is 5.69 Å². The molecule has 0 fully saturated rings. The molecule has 1 aliphatic heterocycles. The summed E-state index contributed by atoms with van der Waals surface area (Å²) in [4.78, 5) is 38.2. The van der Waals surface area contributed by atoms with Gasteiger partial charge in [0.2, 0.25) is 5.82 Å². The molecule has 1 amide bonds. The molecule has 1 aromatic rings. The van der Waals surface area contributed by atoms with Gasteiger partial charge in [0.15, 0.2) is 0 Å². The van der Waals surface area contributed by atoms with Gasteiger partial charge in [0, 0.05) is 18.1 Å². The number of rotatable bonds is 4. The van der Waals surface area contributed by atoms with E-state index in [1.54, 1.807) is 0 Å². The molecule has 0 aliphatic carbocycles. The van der Waals surface area contributed by atoms with Gasteiger partial charge < -0.3 is 9.90 Å². The van der Waals surface area contributed by atoms with Crippen LogP contribution in [-0.4, -0.2) is 22.8 Å². The van der Waals surface area contributed by atoms with Crippen molar-refractivity contribution in [3.8, 4) is 0 Å². The smallest absolute Gasteiger partial charge is 0.307 e. The van der Waals surface area contributed by atoms with Crippen molar-refractivity contribution in [2.24, 2.45) is 9.98 Å². The van der Waals surface area contributed by atoms with Gasteiger partial charge in [0.05, 0.1) is 15.6 Å². The van der Waals surface area contributed by atoms with Crippen LogP contribution in [0.2, 0.25) is 0 Å². The van der Waals surface area contributed by atoms with E-state index in [0.29, 0.717) is 0 Å². The Morgan fingerprint density at radius 1 is 1.48 bits per heavy atom. The first-order valence-corrected chi connectivity index (χ1v) is 6.55. The van der Waals surface area contributed by atoms with Crippen molar-refractivity contribution in [1.29, 1.82) is 0 Å². The number of hydrogen-bond donors (Lipinski definition) is 0. The lowest BCUT2D eigenvalue weighted by Crippen LogP contribution is -2.37. The number of nitrogens with zero attached hydrogens (tertiary/aromatic N) is 3. The van der Waals surface area contributed by atoms with E-state index >= 15 is 0 Å². The summed E-state index contributed by atoms with van der Waals surface area (Å²) in [5.74, 6) is -2.53. The zero-order chi connectivity index (χ0) is 17.6. The minimum absolute atomic E-state index is 0.0170. The molecule has 1 heterocycles. The summed E-state index contributed by atoms with van der Waals surface area (Å²) in [5, 5.41) is 20.0. The van der Waals surface area contributed by atoms with E-state index in [0.717, 1.165) is 12.1 Å². The summed E-state index contributed by atoms with van der Waals surface area (Å²) in [6.07, 6.45) is 1.90. The highest BCUT2D eigenvalue weighted by Gasteiger charge is 2.21. The second-order valence-corrected chi connectivity index (χ2v) is 4.39. The summed E-state index contributed by atoms with van der Waals surface area (Å²) >= 11 is 0. The molecule has 8 nitrogen and oxygen atoms in total. The Bertz CT molecular complexity index is 775. The number of fused-ring (bicyclic) bond motifs is 1. The van der Waals surface area contributed by atoms with Crippen molar-refractivity contribution in [1.82, 2.24) is 0 Å². The molecular weight excluding hydrogens is 309 g/mol. The molecule has 122 valence electrons. The van der Waals surface area contributed by atoms with E-state index in [1.807, 2.05) is 0 Å². The fourth-order valence-corrected chi connectivity index (χ4v) is 1.60. The van der Waals surface area contributed by atoms with Crippen molar-refractivity contribution < 1.29 is 24.0 Å². The van der Waals surface area contributed by atoms with E-state index in [-0.39, 0.29) is 23.6 Å². The van der Waals surface area contributed by atoms with Crippen LogP contribution in [-0.2, 0) is 9.59 Å². The van der Waals surface area contributed by atoms with Gasteiger partial charge in [-0.15, -0.1) is 6.58 Å². The summed E-state index contributed by atoms with van der Waals surface area (Å²) in [6.45, 7) is 5.02. The second kappa shape index (κ2) is 7.87. The van der Waals surface area contributed by atoms with Crippen molar-refractivity contribution in [2.45, 2.75) is 25.8 Å². The molecule has 2 rings (SSSR count). The number of nitro groups is 1. The Morgan fingerprint density at radius 3 is 2.57 bits per heavy atom. The molecular formula is C14H13FN3O5-. The first-order chi connectivity index (χ1) is 10.8. The average molecular weight is 322 g/mol. The highest BCUT2D eigenvalue weighted by molar-refractivity contribution is 5.83. The lowest BCUT2D eigenvalue weighted by Gasteiger charge is -2.08. The lowest BCUT2D eigenvalue weighted by atomic mass is 10.1. The van der Waals surface area contributed by atoms with E-state index < -0.39 is 34.3 Å². The molecule has 1 unspecified atom stereocenters. The number of carboxylic acids is 1. The third-order valence-corrected chi connectivity index (χ3v) is 2.73. The number of amides is 1. The maximum atomic E-state index is 13.3. The van der Waals surface area contributed by atoms with Crippen LogP contribution in [0.3, 0.4) is 0 Å². The van der Waals surface area contributed by atoms with Crippen LogP contribution in [0.25, 0.3) is 0 Å². The number of carbonyl (C=O) groups excluding carboxylic acids is 2. The Labute approximate surface area is 129 Å². The van der Waals surface area contributed by atoms with Gasteiger partial charge in [-0.3, -0.25) is 19.9 Å². The van der Waals surface area contributed by atoms with Crippen LogP contribution in [0.1, 0.15) is 19.8 Å². The maximum Gasteiger partial charge on any atom is 0.307 e. The van der Waals surface area contributed by atoms with Gasteiger partial charge in [-0.2, -0.15) is 4.39 Å². The SMILES string of the molecule is C=CCC1N=c2cc([N+](=O)[O-])c(F)cc2=NC1=O.CCC(=O)[O-]. The Kier molecular flexibility index (Phi) is 6.19. The standard InChI is InChI=1S/C11H8FN3O3.C3H6O2/c1-2-3-7-11(16)14-8-4-6(12)10(15(17)18)5-9(8)13-7;1-2-3(4)5/h2,4-5,7H,1,3H2;2H2,1H3,(H,4,5)/p-1. The maximum absolute atomic E-state index is 13.3. The third-order valence-electron chi connectivity index (χ3n) is 2.73. The molecule has 1 aliphatic rings. The number of aliphatic carboxylic acids is 1. The Hall–Kier alpha value is -2.97. The molecule has 0 aromatic heterocycles. The number of halogens is 1. The van der Waals surface area contributed by atoms with Crippen LogP contribution in [0.15, 0.2) is 34.8 Å². The number of nitro benzene ring substituents is 1. The molecule has 1 aromatic carbocycles. The van der Waals surface area contributed by atoms with Gasteiger partial charge in [-0.05, 0) is 12.8 Å². The van der Waals surface area contributed by atoms with E-state index in [2.05, 4.69) is 16.6 Å². The topological polar surface area (TPSA) is 125 Å². The van der Waals surface area contributed by atoms with Crippen molar-refractivity contribution in [3.05, 3.63) is 51.4 Å². The molecule has 1 atom stereocenters. The zero-order valence-electron chi connectivity index (χ0n) is 12.2. The summed E-state index contributed by atoms with van der Waals surface area (Å²) < 4.78 is 13.3. The molecule has 0 saturated carbocycles. The number of carboxylic acid groups (broad SMARTS) is 1. The normalized spacial score (nSPS) is 15.2. The average Bonchev–Trinajstić information content (AvgIpc) is 2.48. The van der Waals surface area contributed by atoms with E-state index in [9.17, 15) is 29.2 Å². The zero-order valence-corrected chi connectivity index (χ0v) is 12.2. The van der Waals surface area contributed by atoms with Crippen LogP contribution >= 0.6 is 0 Å². The van der Waals surface area contributed by atoms with Crippen LogP contribution in [0.5, 0.6) is 0 Å². The molecule has 0 radical (unpaired) electrons. The van der Waals surface area contributed by atoms with Gasteiger partial charge in [-0.25, -0.2) is 4.99 Å². The summed E-state index contributed by atoms with van der Waals surface area (Å²) in [5.41, 5.74) is -0.681. The van der Waals surface area contributed by atoms with Crippen LogP contribution in [0.4, 0.5) is 10.1 Å². The first kappa shape index (κ1) is 18.1. The van der Waals surface area contributed by atoms with Crippen molar-refractivity contribution >= 4 is 17.6 Å². The number of benzene rings is 1. The van der Waals surface area contributed by atoms with E-state index in [1.165, 1.54) is 13.0 Å². The predicted octanol–water partition coefficient (Wildman–Crippen LogP) is -0.396. The van der Waals surface area contributed by atoms with Crippen LogP contribution in [0, 0.1) is 15.9 Å². The highest BCUT2D eigenvalue weighted by Crippen LogP contribution is 2.12. The highest BCUT2D eigenvalue weighted by atomic mass is 19.1. The lowest BCUT2D eigenvalue weighted by molar-refractivity contribution is -0.387. The fourth-order valence-electron chi connectivity index (χ4n) is 1.60. The number of carbonyl (C=O) groups is 2. The molecule has 0 bridgehead atoms. The Morgan fingerprint density at radius 2 is 2.09 bits per heavy atom. The summed E-state index contributed by atoms with van der Waals surface area (Å²) in [7, 11) is 0. The molecule has 9 heteroatoms. The minimum atomic E-state index is -1.03. The first-order valence-electron chi connectivity index (χ1n) is 6.55. The second-order valence-electron chi connectivity index (χ2n) is 4.39. The van der Waals surface area contributed by atoms with E-state index in [4.69, 9.17) is 0 Å². The fraction of sp³-hybridized carbons (Fsp3) is 0.286. The quantitative estimate of drug-likeness (QED) is 0.424. The van der Waals surface area contributed by atoms with Gasteiger partial charge in [-0.1, -0.05) is 13.0 Å². The van der Waals surface area contributed by atoms with Crippen molar-refractivity contribution in [3.63, 3.8) is 0 Å². The molecule has 0 spiro atoms. The minimum Gasteiger partial charge on any atom is -0.550 e. The molecule has 23 heavy (non-hydrogen) atoms. The molecule has 0 N–H and O–H groups in total. The number of hydrogen-bond acceptors (Lipinski definition) is 6.